The lowest BCUT2D eigenvalue weighted by Gasteiger charge is -2.48. The topological polar surface area (TPSA) is 53.8 Å². The standard InChI is InChI=1S/C20H20F3N3O/c1-3-19(12-7-5-4-6-8-12)13-11-24-26-17(13)25-14-9-18(2,20(21,22)23)10-15(27)16(14)19/h4-8,11,17,25H,3,9-10H2,1-2H3/t17?,18-,19+/m1/s1. The highest BCUT2D eigenvalue weighted by atomic mass is 19.4. The van der Waals surface area contributed by atoms with E-state index in [0.29, 0.717) is 17.7 Å². The lowest BCUT2D eigenvalue weighted by Crippen LogP contribution is -2.53. The van der Waals surface area contributed by atoms with E-state index in [0.717, 1.165) is 18.1 Å². The molecule has 2 aliphatic heterocycles. The summed E-state index contributed by atoms with van der Waals surface area (Å²) in [4.78, 5) is 13.1. The molecule has 1 aromatic rings. The molecule has 142 valence electrons. The van der Waals surface area contributed by atoms with E-state index in [2.05, 4.69) is 15.5 Å². The maximum atomic E-state index is 13.7. The zero-order valence-corrected chi connectivity index (χ0v) is 15.1. The molecule has 0 fully saturated rings. The Kier molecular flexibility index (Phi) is 3.84. The Morgan fingerprint density at radius 1 is 1.22 bits per heavy atom. The number of rotatable bonds is 2. The SMILES string of the molecule is CC[C@]1(c2ccccc2)C2=CN=NC2NC2=C1C(=O)C[C@](C)(C(F)(F)F)C2. The number of carbonyl (C=O) groups is 1. The van der Waals surface area contributed by atoms with Crippen molar-refractivity contribution in [1.82, 2.24) is 5.32 Å². The number of azo groups is 1. The molecule has 0 spiro atoms. The van der Waals surface area contributed by atoms with Crippen molar-refractivity contribution in [2.24, 2.45) is 15.6 Å². The number of carbonyl (C=O) groups excluding carboxylic acids is 1. The van der Waals surface area contributed by atoms with Crippen LogP contribution in [0, 0.1) is 5.41 Å². The number of fused-ring (bicyclic) bond motifs is 1. The van der Waals surface area contributed by atoms with E-state index in [-0.39, 0.29) is 6.42 Å². The number of allylic oxidation sites excluding steroid dienone is 2. The quantitative estimate of drug-likeness (QED) is 0.807. The summed E-state index contributed by atoms with van der Waals surface area (Å²) < 4.78 is 41.0. The predicted octanol–water partition coefficient (Wildman–Crippen LogP) is 4.80. The van der Waals surface area contributed by atoms with Crippen molar-refractivity contribution < 1.29 is 18.0 Å². The second kappa shape index (κ2) is 5.78. The Balaban J connectivity index is 1.95. The van der Waals surface area contributed by atoms with Crippen LogP contribution in [0.3, 0.4) is 0 Å². The molecule has 0 amide bonds. The number of hydrogen-bond donors (Lipinski definition) is 1. The molecule has 3 aliphatic rings. The smallest absolute Gasteiger partial charge is 0.362 e. The van der Waals surface area contributed by atoms with Crippen LogP contribution in [0.2, 0.25) is 0 Å². The molecular weight excluding hydrogens is 355 g/mol. The van der Waals surface area contributed by atoms with Crippen molar-refractivity contribution in [3.05, 3.63) is 58.9 Å². The third kappa shape index (κ3) is 2.40. The van der Waals surface area contributed by atoms with Gasteiger partial charge in [0.25, 0.3) is 0 Å². The van der Waals surface area contributed by atoms with E-state index < -0.39 is 35.4 Å². The van der Waals surface area contributed by atoms with E-state index >= 15 is 0 Å². The summed E-state index contributed by atoms with van der Waals surface area (Å²) in [5.41, 5.74) is -0.399. The van der Waals surface area contributed by atoms with Gasteiger partial charge in [-0.2, -0.15) is 23.4 Å². The zero-order chi connectivity index (χ0) is 19.4. The normalized spacial score (nSPS) is 32.7. The van der Waals surface area contributed by atoms with Crippen molar-refractivity contribution in [2.45, 2.75) is 50.9 Å². The number of Topliss-reactive ketones (excluding diaryl/α,β-unsaturated/α-hetero) is 1. The monoisotopic (exact) mass is 375 g/mol. The molecule has 1 unspecified atom stereocenters. The zero-order valence-electron chi connectivity index (χ0n) is 15.1. The summed E-state index contributed by atoms with van der Waals surface area (Å²) in [6.07, 6.45) is -3.62. The predicted molar refractivity (Wildman–Crippen MR) is 93.7 cm³/mol. The van der Waals surface area contributed by atoms with Crippen LogP contribution in [0.25, 0.3) is 0 Å². The summed E-state index contributed by atoms with van der Waals surface area (Å²) in [6.45, 7) is 3.07. The first-order chi connectivity index (χ1) is 12.7. The highest BCUT2D eigenvalue weighted by Crippen LogP contribution is 2.56. The molecule has 1 aromatic carbocycles. The molecule has 4 rings (SSSR count). The van der Waals surface area contributed by atoms with Gasteiger partial charge in [-0.15, -0.1) is 0 Å². The summed E-state index contributed by atoms with van der Waals surface area (Å²) in [6, 6.07) is 9.46. The first kappa shape index (κ1) is 17.9. The van der Waals surface area contributed by atoms with Gasteiger partial charge in [0.2, 0.25) is 0 Å². The molecule has 27 heavy (non-hydrogen) atoms. The van der Waals surface area contributed by atoms with Crippen molar-refractivity contribution in [2.75, 3.05) is 0 Å². The molecular formula is C20H20F3N3O. The van der Waals surface area contributed by atoms with Crippen molar-refractivity contribution in [3.63, 3.8) is 0 Å². The van der Waals surface area contributed by atoms with Crippen LogP contribution < -0.4 is 5.32 Å². The molecule has 0 saturated heterocycles. The van der Waals surface area contributed by atoms with Gasteiger partial charge < -0.3 is 5.32 Å². The first-order valence-corrected chi connectivity index (χ1v) is 8.99. The van der Waals surface area contributed by atoms with E-state index in [1.54, 1.807) is 6.20 Å². The van der Waals surface area contributed by atoms with Crippen LogP contribution in [0.5, 0.6) is 0 Å². The average molecular weight is 375 g/mol. The third-order valence-electron chi connectivity index (χ3n) is 6.08. The molecule has 3 atom stereocenters. The van der Waals surface area contributed by atoms with Crippen LogP contribution in [0.1, 0.15) is 38.7 Å². The van der Waals surface area contributed by atoms with Gasteiger partial charge in [0.15, 0.2) is 11.9 Å². The number of ketones is 1. The van der Waals surface area contributed by atoms with Gasteiger partial charge in [-0.3, -0.25) is 4.79 Å². The maximum Gasteiger partial charge on any atom is 0.395 e. The van der Waals surface area contributed by atoms with E-state index in [1.807, 2.05) is 37.3 Å². The highest BCUT2D eigenvalue weighted by Gasteiger charge is 2.59. The summed E-state index contributed by atoms with van der Waals surface area (Å²) >= 11 is 0. The summed E-state index contributed by atoms with van der Waals surface area (Å²) in [5, 5.41) is 11.2. The second-order valence-electron chi connectivity index (χ2n) is 7.68. The molecule has 4 nitrogen and oxygen atoms in total. The summed E-state index contributed by atoms with van der Waals surface area (Å²) in [7, 11) is 0. The Bertz CT molecular complexity index is 887. The van der Waals surface area contributed by atoms with Crippen LogP contribution in [0.15, 0.2) is 63.6 Å². The van der Waals surface area contributed by atoms with Crippen molar-refractivity contribution in [1.29, 1.82) is 0 Å². The van der Waals surface area contributed by atoms with E-state index in [1.165, 1.54) is 0 Å². The number of benzene rings is 1. The molecule has 0 aromatic heterocycles. The van der Waals surface area contributed by atoms with Gasteiger partial charge in [-0.25, -0.2) is 0 Å². The Labute approximate surface area is 155 Å². The van der Waals surface area contributed by atoms with Gasteiger partial charge in [0.05, 0.1) is 17.0 Å². The average Bonchev–Trinajstić information content (AvgIpc) is 3.08. The molecule has 0 bridgehead atoms. The second-order valence-corrected chi connectivity index (χ2v) is 7.68. The Morgan fingerprint density at radius 2 is 1.93 bits per heavy atom. The number of nitrogens with zero attached hydrogens (tertiary/aromatic N) is 2. The number of alkyl halides is 3. The van der Waals surface area contributed by atoms with Crippen molar-refractivity contribution >= 4 is 5.78 Å². The number of hydrogen-bond acceptors (Lipinski definition) is 4. The van der Waals surface area contributed by atoms with Gasteiger partial charge in [-0.1, -0.05) is 44.2 Å². The Hall–Kier alpha value is -2.44. The maximum absolute atomic E-state index is 13.7. The fraction of sp³-hybridized carbons (Fsp3) is 0.450. The fourth-order valence-corrected chi connectivity index (χ4v) is 4.64. The van der Waals surface area contributed by atoms with E-state index in [4.69, 9.17) is 0 Å². The largest absolute Gasteiger partial charge is 0.395 e. The number of nitrogens with one attached hydrogen (secondary N) is 1. The van der Waals surface area contributed by atoms with E-state index in [9.17, 15) is 18.0 Å². The molecule has 1 aliphatic carbocycles. The van der Waals surface area contributed by atoms with Gasteiger partial charge in [0, 0.05) is 29.7 Å². The highest BCUT2D eigenvalue weighted by molar-refractivity contribution is 6.01. The van der Waals surface area contributed by atoms with Crippen LogP contribution in [0.4, 0.5) is 13.2 Å². The van der Waals surface area contributed by atoms with Gasteiger partial charge in [0.1, 0.15) is 0 Å². The fourth-order valence-electron chi connectivity index (χ4n) is 4.64. The number of halogens is 3. The molecule has 0 saturated carbocycles. The lowest BCUT2D eigenvalue weighted by molar-refractivity contribution is -0.221. The summed E-state index contributed by atoms with van der Waals surface area (Å²) in [5.74, 6) is -0.458. The molecule has 7 heteroatoms. The third-order valence-corrected chi connectivity index (χ3v) is 6.08. The van der Waals surface area contributed by atoms with Crippen molar-refractivity contribution in [3.8, 4) is 0 Å². The minimum atomic E-state index is -4.46. The minimum Gasteiger partial charge on any atom is -0.362 e. The Morgan fingerprint density at radius 3 is 2.56 bits per heavy atom. The first-order valence-electron chi connectivity index (χ1n) is 8.99. The molecule has 2 heterocycles. The van der Waals surface area contributed by atoms with Gasteiger partial charge >= 0.3 is 6.18 Å². The molecule has 1 N–H and O–H groups in total. The van der Waals surface area contributed by atoms with Crippen LogP contribution in [-0.4, -0.2) is 18.1 Å². The van der Waals surface area contributed by atoms with Crippen LogP contribution >= 0.6 is 0 Å². The van der Waals surface area contributed by atoms with Crippen LogP contribution in [-0.2, 0) is 10.2 Å². The lowest BCUT2D eigenvalue weighted by atomic mass is 9.58. The van der Waals surface area contributed by atoms with Gasteiger partial charge in [-0.05, 0) is 12.0 Å². The molecule has 0 radical (unpaired) electrons. The minimum absolute atomic E-state index is 0.258.